The average Bonchev–Trinajstić information content (AvgIpc) is 3.08. The fourth-order valence-corrected chi connectivity index (χ4v) is 3.08. The van der Waals surface area contributed by atoms with Crippen molar-refractivity contribution in [2.45, 2.75) is 6.42 Å². The summed E-state index contributed by atoms with van der Waals surface area (Å²) in [5.74, 6) is -2.31. The lowest BCUT2D eigenvalue weighted by Gasteiger charge is -2.03. The van der Waals surface area contributed by atoms with E-state index in [-0.39, 0.29) is 5.56 Å². The number of anilines is 1. The third kappa shape index (κ3) is 4.30. The van der Waals surface area contributed by atoms with E-state index in [1.807, 2.05) is 24.3 Å². The second-order valence-corrected chi connectivity index (χ2v) is 6.41. The van der Waals surface area contributed by atoms with Gasteiger partial charge in [-0.25, -0.2) is 13.8 Å². The number of aromatic nitrogens is 1. The Morgan fingerprint density at radius 1 is 1.19 bits per heavy atom. The number of benzene rings is 2. The van der Waals surface area contributed by atoms with E-state index in [1.165, 1.54) is 11.3 Å². The SMILES string of the molecule is COCCc1ccc(-c2csc(NC(=O)c3ccc(F)cc3F)n2)cc1. The van der Waals surface area contributed by atoms with E-state index in [4.69, 9.17) is 4.74 Å². The molecule has 134 valence electrons. The lowest BCUT2D eigenvalue weighted by Crippen LogP contribution is -2.13. The molecule has 0 aliphatic rings. The van der Waals surface area contributed by atoms with Gasteiger partial charge in [-0.15, -0.1) is 11.3 Å². The monoisotopic (exact) mass is 374 g/mol. The fourth-order valence-electron chi connectivity index (χ4n) is 2.36. The quantitative estimate of drug-likeness (QED) is 0.690. The number of ether oxygens (including phenoxy) is 1. The second-order valence-electron chi connectivity index (χ2n) is 5.56. The number of hydrogen-bond donors (Lipinski definition) is 1. The number of carbonyl (C=O) groups excluding carboxylic acids is 1. The maximum Gasteiger partial charge on any atom is 0.260 e. The number of rotatable bonds is 6. The van der Waals surface area contributed by atoms with Gasteiger partial charge in [0, 0.05) is 24.1 Å². The van der Waals surface area contributed by atoms with Crippen LogP contribution in [0.5, 0.6) is 0 Å². The lowest BCUT2D eigenvalue weighted by molar-refractivity contribution is 0.102. The maximum atomic E-state index is 13.7. The van der Waals surface area contributed by atoms with Gasteiger partial charge in [-0.2, -0.15) is 0 Å². The van der Waals surface area contributed by atoms with E-state index in [2.05, 4.69) is 10.3 Å². The first-order valence-corrected chi connectivity index (χ1v) is 8.75. The summed E-state index contributed by atoms with van der Waals surface area (Å²) in [6.45, 7) is 0.659. The number of hydrogen-bond acceptors (Lipinski definition) is 4. The Morgan fingerprint density at radius 3 is 2.65 bits per heavy atom. The highest BCUT2D eigenvalue weighted by molar-refractivity contribution is 7.14. The van der Waals surface area contributed by atoms with Crippen molar-refractivity contribution in [1.29, 1.82) is 0 Å². The van der Waals surface area contributed by atoms with Crippen LogP contribution in [0, 0.1) is 11.6 Å². The molecule has 7 heteroatoms. The highest BCUT2D eigenvalue weighted by atomic mass is 32.1. The van der Waals surface area contributed by atoms with Crippen molar-refractivity contribution in [2.24, 2.45) is 0 Å². The summed E-state index contributed by atoms with van der Waals surface area (Å²) in [7, 11) is 1.66. The van der Waals surface area contributed by atoms with Gasteiger partial charge in [0.25, 0.3) is 5.91 Å². The van der Waals surface area contributed by atoms with Crippen LogP contribution >= 0.6 is 11.3 Å². The molecule has 0 aliphatic carbocycles. The predicted octanol–water partition coefficient (Wildman–Crippen LogP) is 4.53. The van der Waals surface area contributed by atoms with Gasteiger partial charge in [-0.1, -0.05) is 24.3 Å². The number of nitrogens with one attached hydrogen (secondary N) is 1. The number of halogens is 2. The number of thiazole rings is 1. The van der Waals surface area contributed by atoms with E-state index >= 15 is 0 Å². The molecule has 3 rings (SSSR count). The first kappa shape index (κ1) is 18.2. The molecule has 1 aromatic heterocycles. The van der Waals surface area contributed by atoms with Gasteiger partial charge < -0.3 is 4.74 Å². The van der Waals surface area contributed by atoms with Crippen molar-refractivity contribution in [2.75, 3.05) is 19.0 Å². The van der Waals surface area contributed by atoms with Gasteiger partial charge in [0.1, 0.15) is 11.6 Å². The van der Waals surface area contributed by atoms with Crippen LogP contribution in [0.25, 0.3) is 11.3 Å². The highest BCUT2D eigenvalue weighted by Crippen LogP contribution is 2.26. The van der Waals surface area contributed by atoms with Gasteiger partial charge in [0.15, 0.2) is 5.13 Å². The molecule has 0 saturated heterocycles. The normalized spacial score (nSPS) is 10.7. The summed E-state index contributed by atoms with van der Waals surface area (Å²) in [4.78, 5) is 16.5. The van der Waals surface area contributed by atoms with E-state index in [9.17, 15) is 13.6 Å². The smallest absolute Gasteiger partial charge is 0.260 e. The molecule has 0 aliphatic heterocycles. The first-order chi connectivity index (χ1) is 12.6. The van der Waals surface area contributed by atoms with Crippen molar-refractivity contribution in [3.05, 3.63) is 70.6 Å². The minimum Gasteiger partial charge on any atom is -0.384 e. The zero-order valence-electron chi connectivity index (χ0n) is 14.0. The van der Waals surface area contributed by atoms with E-state index < -0.39 is 17.5 Å². The number of amides is 1. The Balaban J connectivity index is 1.70. The molecule has 0 fully saturated rings. The highest BCUT2D eigenvalue weighted by Gasteiger charge is 2.14. The van der Waals surface area contributed by atoms with Crippen LogP contribution in [0.1, 0.15) is 15.9 Å². The van der Waals surface area contributed by atoms with Gasteiger partial charge in [0.2, 0.25) is 0 Å². The molecule has 0 saturated carbocycles. The third-order valence-corrected chi connectivity index (χ3v) is 4.50. The van der Waals surface area contributed by atoms with Gasteiger partial charge in [-0.05, 0) is 24.1 Å². The minimum absolute atomic E-state index is 0.231. The number of carbonyl (C=O) groups is 1. The van der Waals surface area contributed by atoms with Gasteiger partial charge >= 0.3 is 0 Å². The van der Waals surface area contributed by atoms with Gasteiger partial charge in [0.05, 0.1) is 17.9 Å². The maximum absolute atomic E-state index is 13.7. The molecule has 2 aromatic carbocycles. The topological polar surface area (TPSA) is 51.2 Å². The summed E-state index contributed by atoms with van der Waals surface area (Å²) < 4.78 is 31.7. The Hall–Kier alpha value is -2.64. The van der Waals surface area contributed by atoms with Crippen molar-refractivity contribution in [3.63, 3.8) is 0 Å². The van der Waals surface area contributed by atoms with Crippen LogP contribution in [-0.4, -0.2) is 24.6 Å². The van der Waals surface area contributed by atoms with E-state index in [0.717, 1.165) is 29.7 Å². The molecule has 1 amide bonds. The molecular weight excluding hydrogens is 358 g/mol. The minimum atomic E-state index is -0.911. The van der Waals surface area contributed by atoms with Crippen molar-refractivity contribution in [1.82, 2.24) is 4.98 Å². The Labute approximate surface area is 153 Å². The summed E-state index contributed by atoms with van der Waals surface area (Å²) in [5, 5.41) is 4.69. The number of methoxy groups -OCH3 is 1. The van der Waals surface area contributed by atoms with Crippen LogP contribution in [-0.2, 0) is 11.2 Å². The molecule has 4 nitrogen and oxygen atoms in total. The lowest BCUT2D eigenvalue weighted by atomic mass is 10.1. The van der Waals surface area contributed by atoms with Crippen molar-refractivity contribution >= 4 is 22.4 Å². The molecule has 3 aromatic rings. The Bertz CT molecular complexity index is 910. The van der Waals surface area contributed by atoms with Crippen LogP contribution in [0.2, 0.25) is 0 Å². The zero-order valence-corrected chi connectivity index (χ0v) is 14.8. The van der Waals surface area contributed by atoms with Crippen LogP contribution in [0.15, 0.2) is 47.8 Å². The number of nitrogens with zero attached hydrogens (tertiary/aromatic N) is 1. The summed E-state index contributed by atoms with van der Waals surface area (Å²) in [6.07, 6.45) is 0.832. The second kappa shape index (κ2) is 8.16. The van der Waals surface area contributed by atoms with Crippen LogP contribution in [0.4, 0.5) is 13.9 Å². The Kier molecular flexibility index (Phi) is 5.70. The van der Waals surface area contributed by atoms with Gasteiger partial charge in [-0.3, -0.25) is 10.1 Å². The molecule has 0 atom stereocenters. The van der Waals surface area contributed by atoms with Crippen LogP contribution < -0.4 is 5.32 Å². The summed E-state index contributed by atoms with van der Waals surface area (Å²) in [6, 6.07) is 10.7. The molecule has 1 heterocycles. The standard InChI is InChI=1S/C19H16F2N2O2S/c1-25-9-8-12-2-4-13(5-3-12)17-11-26-19(22-17)23-18(24)15-7-6-14(20)10-16(15)21/h2-7,10-11H,8-9H2,1H3,(H,22,23,24). The molecule has 0 radical (unpaired) electrons. The third-order valence-electron chi connectivity index (χ3n) is 3.74. The zero-order chi connectivity index (χ0) is 18.5. The summed E-state index contributed by atoms with van der Waals surface area (Å²) >= 11 is 1.23. The largest absolute Gasteiger partial charge is 0.384 e. The molecule has 0 spiro atoms. The molecule has 0 unspecified atom stereocenters. The van der Waals surface area contributed by atoms with Crippen LogP contribution in [0.3, 0.4) is 0 Å². The fraction of sp³-hybridized carbons (Fsp3) is 0.158. The molecule has 0 bridgehead atoms. The first-order valence-electron chi connectivity index (χ1n) is 7.87. The molecule has 26 heavy (non-hydrogen) atoms. The van der Waals surface area contributed by atoms with E-state index in [1.54, 1.807) is 12.5 Å². The van der Waals surface area contributed by atoms with Crippen molar-refractivity contribution in [3.8, 4) is 11.3 Å². The van der Waals surface area contributed by atoms with Crippen molar-refractivity contribution < 1.29 is 18.3 Å². The Morgan fingerprint density at radius 2 is 1.96 bits per heavy atom. The molecule has 1 N–H and O–H groups in total. The van der Waals surface area contributed by atoms with E-state index in [0.29, 0.717) is 23.5 Å². The summed E-state index contributed by atoms with van der Waals surface area (Å²) in [5.41, 5.74) is 2.55. The average molecular weight is 374 g/mol. The predicted molar refractivity (Wildman–Crippen MR) is 97.4 cm³/mol. The molecular formula is C19H16F2N2O2S.